The van der Waals surface area contributed by atoms with Crippen LogP contribution < -0.4 is 20.5 Å². The van der Waals surface area contributed by atoms with E-state index in [4.69, 9.17) is 14.2 Å². The predicted octanol–water partition coefficient (Wildman–Crippen LogP) is 1.60. The second-order valence-electron chi connectivity index (χ2n) is 8.33. The first-order chi connectivity index (χ1) is 14.6. The standard InChI is InChI=1S/C22H34N4O4/c1-15(26(18-5-6-18)22(27)20-14-23-7-10-30-20)16-11-17-13-24-25(2)21(17)19(12-16)29-9-4-8-28-3/h11-12,15,18,20,23-24H,4-10,13-14H2,1-3H3/t15-,20+/m0/s1. The summed E-state index contributed by atoms with van der Waals surface area (Å²) in [6, 6.07) is 4.58. The van der Waals surface area contributed by atoms with Crippen LogP contribution >= 0.6 is 0 Å². The number of carbonyl (C=O) groups is 1. The van der Waals surface area contributed by atoms with Crippen molar-refractivity contribution in [3.63, 3.8) is 0 Å². The molecule has 8 heteroatoms. The van der Waals surface area contributed by atoms with Crippen LogP contribution in [0.1, 0.15) is 43.4 Å². The third-order valence-electron chi connectivity index (χ3n) is 6.07. The minimum atomic E-state index is -0.395. The Morgan fingerprint density at radius 2 is 2.20 bits per heavy atom. The summed E-state index contributed by atoms with van der Waals surface area (Å²) in [5, 5.41) is 5.29. The number of carbonyl (C=O) groups excluding carboxylic acids is 1. The van der Waals surface area contributed by atoms with Gasteiger partial charge in [0.15, 0.2) is 0 Å². The van der Waals surface area contributed by atoms with E-state index in [2.05, 4.69) is 29.8 Å². The highest BCUT2D eigenvalue weighted by molar-refractivity contribution is 5.82. The number of fused-ring (bicyclic) bond motifs is 1. The largest absolute Gasteiger partial charge is 0.491 e. The minimum absolute atomic E-state index is 0.0342. The monoisotopic (exact) mass is 418 g/mol. The third kappa shape index (κ3) is 4.56. The number of anilines is 1. The molecule has 0 bridgehead atoms. The molecule has 2 aliphatic heterocycles. The van der Waals surface area contributed by atoms with Crippen molar-refractivity contribution in [2.45, 2.75) is 50.9 Å². The van der Waals surface area contributed by atoms with Crippen molar-refractivity contribution < 1.29 is 19.0 Å². The summed E-state index contributed by atoms with van der Waals surface area (Å²) in [7, 11) is 3.71. The van der Waals surface area contributed by atoms with E-state index in [1.165, 1.54) is 5.56 Å². The highest BCUT2D eigenvalue weighted by Gasteiger charge is 2.40. The van der Waals surface area contributed by atoms with Crippen LogP contribution in [0.15, 0.2) is 12.1 Å². The van der Waals surface area contributed by atoms with Crippen molar-refractivity contribution in [1.29, 1.82) is 0 Å². The summed E-state index contributed by atoms with van der Waals surface area (Å²) in [5.74, 6) is 0.951. The molecule has 1 saturated carbocycles. The number of amides is 1. The van der Waals surface area contributed by atoms with E-state index in [-0.39, 0.29) is 11.9 Å². The Morgan fingerprint density at radius 3 is 2.90 bits per heavy atom. The summed E-state index contributed by atoms with van der Waals surface area (Å²) in [6.07, 6.45) is 2.56. The maximum Gasteiger partial charge on any atom is 0.253 e. The molecule has 1 aromatic carbocycles. The van der Waals surface area contributed by atoms with E-state index in [0.717, 1.165) is 49.4 Å². The number of ether oxygens (including phenoxy) is 3. The molecule has 2 heterocycles. The Kier molecular flexibility index (Phi) is 6.77. The van der Waals surface area contributed by atoms with Crippen LogP contribution in [0.2, 0.25) is 0 Å². The van der Waals surface area contributed by atoms with E-state index >= 15 is 0 Å². The van der Waals surface area contributed by atoms with Gasteiger partial charge < -0.3 is 29.4 Å². The number of nitrogens with one attached hydrogen (secondary N) is 2. The number of benzene rings is 1. The van der Waals surface area contributed by atoms with Gasteiger partial charge in [0.1, 0.15) is 11.9 Å². The number of rotatable bonds is 9. The highest BCUT2D eigenvalue weighted by atomic mass is 16.5. The van der Waals surface area contributed by atoms with E-state index in [0.29, 0.717) is 32.4 Å². The smallest absolute Gasteiger partial charge is 0.253 e. The summed E-state index contributed by atoms with van der Waals surface area (Å²) in [4.78, 5) is 15.3. The fourth-order valence-electron chi connectivity index (χ4n) is 4.31. The molecule has 0 spiro atoms. The maximum atomic E-state index is 13.3. The van der Waals surface area contributed by atoms with Crippen LogP contribution in [0, 0.1) is 0 Å². The van der Waals surface area contributed by atoms with Crippen LogP contribution in [0.5, 0.6) is 5.75 Å². The first-order valence-electron chi connectivity index (χ1n) is 11.0. The van der Waals surface area contributed by atoms with Crippen LogP contribution in [-0.4, -0.2) is 70.0 Å². The molecule has 166 valence electrons. The fourth-order valence-corrected chi connectivity index (χ4v) is 4.31. The Morgan fingerprint density at radius 1 is 1.37 bits per heavy atom. The molecular formula is C22H34N4O4. The number of hydrazine groups is 1. The van der Waals surface area contributed by atoms with Crippen LogP contribution in [-0.2, 0) is 20.8 Å². The zero-order valence-electron chi connectivity index (χ0n) is 18.3. The van der Waals surface area contributed by atoms with Gasteiger partial charge in [-0.25, -0.2) is 5.43 Å². The molecule has 1 aliphatic carbocycles. The zero-order chi connectivity index (χ0) is 21.1. The molecule has 1 aromatic rings. The quantitative estimate of drug-likeness (QED) is 0.590. The highest BCUT2D eigenvalue weighted by Crippen LogP contribution is 2.41. The van der Waals surface area contributed by atoms with Gasteiger partial charge in [-0.3, -0.25) is 4.79 Å². The Balaban J connectivity index is 1.57. The van der Waals surface area contributed by atoms with Gasteiger partial charge in [0.2, 0.25) is 0 Å². The zero-order valence-corrected chi connectivity index (χ0v) is 18.3. The number of nitrogens with zero attached hydrogens (tertiary/aromatic N) is 2. The normalized spacial score (nSPS) is 22.0. The van der Waals surface area contributed by atoms with Crippen molar-refractivity contribution in [3.8, 4) is 5.75 Å². The lowest BCUT2D eigenvalue weighted by Crippen LogP contribution is -2.50. The van der Waals surface area contributed by atoms with Crippen molar-refractivity contribution in [2.75, 3.05) is 52.1 Å². The molecule has 2 fully saturated rings. The van der Waals surface area contributed by atoms with Crippen molar-refractivity contribution in [3.05, 3.63) is 23.3 Å². The van der Waals surface area contributed by atoms with E-state index in [9.17, 15) is 4.79 Å². The molecule has 1 amide bonds. The van der Waals surface area contributed by atoms with Gasteiger partial charge >= 0.3 is 0 Å². The molecule has 2 atom stereocenters. The Hall–Kier alpha value is -1.87. The van der Waals surface area contributed by atoms with Crippen LogP contribution in [0.4, 0.5) is 5.69 Å². The van der Waals surface area contributed by atoms with Crippen molar-refractivity contribution in [2.24, 2.45) is 0 Å². The summed E-state index contributed by atoms with van der Waals surface area (Å²) >= 11 is 0. The van der Waals surface area contributed by atoms with Crippen LogP contribution in [0.3, 0.4) is 0 Å². The molecule has 0 aromatic heterocycles. The molecule has 0 unspecified atom stereocenters. The second-order valence-corrected chi connectivity index (χ2v) is 8.33. The number of morpholine rings is 1. The van der Waals surface area contributed by atoms with Crippen LogP contribution in [0.25, 0.3) is 0 Å². The Bertz CT molecular complexity index is 749. The molecule has 1 saturated heterocycles. The van der Waals surface area contributed by atoms with Gasteiger partial charge in [0, 0.05) is 52.9 Å². The number of hydrogen-bond acceptors (Lipinski definition) is 7. The number of methoxy groups -OCH3 is 1. The minimum Gasteiger partial charge on any atom is -0.491 e. The first kappa shape index (κ1) is 21.4. The van der Waals surface area contributed by atoms with Gasteiger partial charge in [-0.15, -0.1) is 0 Å². The molecule has 0 radical (unpaired) electrons. The van der Waals surface area contributed by atoms with E-state index in [1.54, 1.807) is 7.11 Å². The van der Waals surface area contributed by atoms with Gasteiger partial charge in [-0.1, -0.05) is 0 Å². The van der Waals surface area contributed by atoms with Gasteiger partial charge in [0.05, 0.1) is 24.9 Å². The van der Waals surface area contributed by atoms with Crippen molar-refractivity contribution in [1.82, 2.24) is 15.6 Å². The van der Waals surface area contributed by atoms with Gasteiger partial charge in [-0.2, -0.15) is 0 Å². The lowest BCUT2D eigenvalue weighted by atomic mass is 10.0. The average molecular weight is 419 g/mol. The molecule has 30 heavy (non-hydrogen) atoms. The van der Waals surface area contributed by atoms with Gasteiger partial charge in [-0.05, 0) is 43.0 Å². The number of hydrogen-bond donors (Lipinski definition) is 2. The lowest BCUT2D eigenvalue weighted by molar-refractivity contribution is -0.148. The topological polar surface area (TPSA) is 75.3 Å². The fraction of sp³-hybridized carbons (Fsp3) is 0.682. The third-order valence-corrected chi connectivity index (χ3v) is 6.07. The SMILES string of the molecule is COCCCOc1cc([C@H](C)N(C(=O)[C@H]2CNCCO2)C2CC2)cc2c1N(C)NC2. The second kappa shape index (κ2) is 9.51. The first-order valence-corrected chi connectivity index (χ1v) is 11.0. The molecular weight excluding hydrogens is 384 g/mol. The Labute approximate surface area is 178 Å². The molecule has 8 nitrogen and oxygen atoms in total. The summed E-state index contributed by atoms with van der Waals surface area (Å²) < 4.78 is 17.1. The average Bonchev–Trinajstić information content (AvgIpc) is 3.53. The lowest BCUT2D eigenvalue weighted by Gasteiger charge is -2.34. The predicted molar refractivity (Wildman–Crippen MR) is 115 cm³/mol. The molecule has 2 N–H and O–H groups in total. The van der Waals surface area contributed by atoms with Gasteiger partial charge in [0.25, 0.3) is 5.91 Å². The maximum absolute atomic E-state index is 13.3. The van der Waals surface area contributed by atoms with E-state index in [1.807, 2.05) is 17.0 Å². The van der Waals surface area contributed by atoms with E-state index < -0.39 is 6.10 Å². The molecule has 3 aliphatic rings. The summed E-state index contributed by atoms with van der Waals surface area (Å²) in [6.45, 7) is 6.12. The summed E-state index contributed by atoms with van der Waals surface area (Å²) in [5.41, 5.74) is 6.73. The van der Waals surface area contributed by atoms with Crippen molar-refractivity contribution >= 4 is 11.6 Å². The molecule has 4 rings (SSSR count).